The molecule has 3 aliphatic heterocycles. The maximum atomic E-state index is 14.1. The molecule has 3 rings (SSSR count). The molecule has 0 aliphatic carbocycles. The van der Waals surface area contributed by atoms with Crippen LogP contribution >= 0.6 is 0 Å². The monoisotopic (exact) mass is 1550 g/mol. The molecule has 3 fully saturated rings. The number of carboxylic acids is 1. The maximum Gasteiger partial charge on any atom is 0.305 e. The van der Waals surface area contributed by atoms with Gasteiger partial charge in [-0.05, 0) is 38.5 Å². The zero-order valence-electron chi connectivity index (χ0n) is 60.7. The van der Waals surface area contributed by atoms with Crippen LogP contribution in [0, 0.1) is 0 Å². The number of hydrogen-bond acceptors (Lipinski definition) is 34. The van der Waals surface area contributed by atoms with Crippen molar-refractivity contribution in [2.75, 3.05) is 185 Å². The fourth-order valence-corrected chi connectivity index (χ4v) is 10.3. The Labute approximate surface area is 618 Å². The van der Waals surface area contributed by atoms with E-state index in [1.54, 1.807) is 0 Å². The number of aliphatic hydroxyl groups excluding tert-OH is 9. The van der Waals surface area contributed by atoms with Crippen molar-refractivity contribution < 1.29 is 170 Å². The topological polar surface area (TPSA) is 600 Å². The van der Waals surface area contributed by atoms with Crippen LogP contribution in [0.1, 0.15) is 65.7 Å². The average Bonchev–Trinajstić information content (AvgIpc) is 0.822. The van der Waals surface area contributed by atoms with E-state index >= 15 is 0 Å². The Balaban J connectivity index is 1.45. The van der Waals surface area contributed by atoms with E-state index in [2.05, 4.69) is 42.5 Å². The van der Waals surface area contributed by atoms with Crippen molar-refractivity contribution in [3.05, 3.63) is 0 Å². The lowest BCUT2D eigenvalue weighted by molar-refractivity contribution is -0.272. The summed E-state index contributed by atoms with van der Waals surface area (Å²) < 4.78 is 87.8. The molecule has 43 nitrogen and oxygen atoms in total. The summed E-state index contributed by atoms with van der Waals surface area (Å²) in [7, 11) is 0. The SMILES string of the molecule is CC(=O)N[C@H]1[C@H](OCCOCCOCCOCC(=O)NCCCC[C@H](NC(=O)COCCOCCOCCO[C@@H]2O[C@H](CO)[C@H](O)[C@H](O)[C@H]2NC(C)=O)C(=O)N[C@@H](CCCCNC(=O)COCCOCCOCCO[C@@H]2O[C@H](CO)[C@H](O)[C@H](O)[C@H]2NC(C)=O)C(=O)NCOCCC(=O)O)O[C@H](CO)[C@H](O)[C@@H]1O. The van der Waals surface area contributed by atoms with Gasteiger partial charge in [0, 0.05) is 33.9 Å². The number of aliphatic hydroxyl groups is 9. The molecule has 3 aliphatic rings. The van der Waals surface area contributed by atoms with E-state index in [0.717, 1.165) is 0 Å². The van der Waals surface area contributed by atoms with Crippen molar-refractivity contribution in [2.24, 2.45) is 0 Å². The van der Waals surface area contributed by atoms with E-state index in [4.69, 9.17) is 80.9 Å². The number of unbranched alkanes of at least 4 members (excludes halogenated alkanes) is 2. The summed E-state index contributed by atoms with van der Waals surface area (Å²) in [6, 6.07) is -5.77. The second kappa shape index (κ2) is 57.3. The van der Waals surface area contributed by atoms with Gasteiger partial charge in [-0.3, -0.25) is 43.2 Å². The first kappa shape index (κ1) is 95.4. The van der Waals surface area contributed by atoms with Crippen molar-refractivity contribution >= 4 is 53.2 Å². The number of ether oxygens (including phenoxy) is 16. The smallest absolute Gasteiger partial charge is 0.305 e. The van der Waals surface area contributed by atoms with Gasteiger partial charge in [0.1, 0.15) is 112 Å². The van der Waals surface area contributed by atoms with Crippen molar-refractivity contribution in [1.29, 1.82) is 0 Å². The van der Waals surface area contributed by atoms with Gasteiger partial charge in [-0.1, -0.05) is 0 Å². The van der Waals surface area contributed by atoms with Crippen LogP contribution in [0.15, 0.2) is 0 Å². The second-order valence-electron chi connectivity index (χ2n) is 24.4. The van der Waals surface area contributed by atoms with Crippen LogP contribution in [0.4, 0.5) is 0 Å². The third-order valence-electron chi connectivity index (χ3n) is 15.8. The highest BCUT2D eigenvalue weighted by Gasteiger charge is 2.48. The number of aliphatic carboxylic acids is 1. The molecule has 0 unspecified atom stereocenters. The zero-order valence-corrected chi connectivity index (χ0v) is 60.7. The van der Waals surface area contributed by atoms with Gasteiger partial charge in [-0.25, -0.2) is 0 Å². The normalized spacial score (nSPS) is 24.8. The van der Waals surface area contributed by atoms with Crippen molar-refractivity contribution in [2.45, 2.75) is 170 Å². The molecule has 0 aromatic heterocycles. The first-order valence-electron chi connectivity index (χ1n) is 35.4. The predicted octanol–water partition coefficient (Wildman–Crippen LogP) is -9.88. The quantitative estimate of drug-likeness (QED) is 0.0199. The van der Waals surface area contributed by atoms with E-state index in [9.17, 15) is 89.1 Å². The standard InChI is InChI=1S/C64H114N8O35/c1-39(76)68-51-57(87)54(84)44(32-73)105-62(51)102-29-26-95-17-14-92-20-23-98-35-47(79)65-11-6-4-8-42(60(90)67-38-101-13-10-50(82)83)72-61(91)43(71-49(81)37-100-25-22-94-16-19-97-28-31-104-64-53(70-41(3)78)59(89)56(86)46(34-75)107-64)9-5-7-12-66-48(80)36-99-24-21-93-15-18-96-27-30-103-63-52(69-40(2)77)58(88)55(85)45(33-74)106-63/h42-46,51-59,62-64,73-75,84-89H,4-38H2,1-3H3,(H,65,79)(H,66,80)(H,67,90)(H,68,76)(H,69,77)(H,70,78)(H,71,81)(H,72,91)(H,82,83)/t42-,43-,44+,45+,46+,51+,52+,53+,54-,55-,56-,57+,58+,59+,62+,63+,64+/m0/s1. The first-order valence-corrected chi connectivity index (χ1v) is 35.4. The summed E-state index contributed by atoms with van der Waals surface area (Å²) in [5.41, 5.74) is 0. The molecule has 8 amide bonds. The molecule has 3 heterocycles. The number of carbonyl (C=O) groups is 9. The number of hydrogen-bond donors (Lipinski definition) is 18. The molecule has 43 heteroatoms. The Morgan fingerprint density at radius 2 is 0.664 bits per heavy atom. The molecule has 18 N–H and O–H groups in total. The Morgan fingerprint density at radius 3 is 0.981 bits per heavy atom. The molecule has 620 valence electrons. The molecule has 107 heavy (non-hydrogen) atoms. The second-order valence-corrected chi connectivity index (χ2v) is 24.4. The van der Waals surface area contributed by atoms with Crippen molar-refractivity contribution in [3.63, 3.8) is 0 Å². The van der Waals surface area contributed by atoms with Gasteiger partial charge in [-0.15, -0.1) is 0 Å². The lowest BCUT2D eigenvalue weighted by atomic mass is 9.97. The minimum absolute atomic E-state index is 0.0197. The fraction of sp³-hybridized carbons (Fsp3) is 0.859. The predicted molar refractivity (Wildman–Crippen MR) is 360 cm³/mol. The average molecular weight is 1560 g/mol. The third-order valence-corrected chi connectivity index (χ3v) is 15.8. The highest BCUT2D eigenvalue weighted by molar-refractivity contribution is 5.92. The number of carboxylic acid groups (broad SMARTS) is 1. The summed E-state index contributed by atoms with van der Waals surface area (Å²) in [4.78, 5) is 112. The van der Waals surface area contributed by atoms with E-state index in [-0.39, 0.29) is 184 Å². The largest absolute Gasteiger partial charge is 0.481 e. The van der Waals surface area contributed by atoms with Crippen LogP contribution in [-0.4, -0.2) is 393 Å². The van der Waals surface area contributed by atoms with Gasteiger partial charge >= 0.3 is 5.97 Å². The summed E-state index contributed by atoms with van der Waals surface area (Å²) in [5, 5.41) is 120. The van der Waals surface area contributed by atoms with Crippen LogP contribution in [0.25, 0.3) is 0 Å². The lowest BCUT2D eigenvalue weighted by Gasteiger charge is -2.42. The summed E-state index contributed by atoms with van der Waals surface area (Å²) in [6.07, 6.45) is -14.8. The summed E-state index contributed by atoms with van der Waals surface area (Å²) in [6.45, 7) is 1.55. The Hall–Kier alpha value is -5.77. The first-order chi connectivity index (χ1) is 51.4. The molecule has 0 spiro atoms. The highest BCUT2D eigenvalue weighted by atomic mass is 16.7. The number of amides is 8. The van der Waals surface area contributed by atoms with Crippen LogP contribution in [0.2, 0.25) is 0 Å². The molecule has 0 aromatic carbocycles. The molecular weight excluding hydrogens is 1440 g/mol. The van der Waals surface area contributed by atoms with Gasteiger partial charge in [0.15, 0.2) is 18.9 Å². The number of nitrogens with one attached hydrogen (secondary N) is 8. The number of carbonyl (C=O) groups excluding carboxylic acids is 8. The van der Waals surface area contributed by atoms with Crippen LogP contribution in [0.3, 0.4) is 0 Å². The van der Waals surface area contributed by atoms with Gasteiger partial charge in [-0.2, -0.15) is 0 Å². The van der Waals surface area contributed by atoms with Gasteiger partial charge in [0.25, 0.3) is 0 Å². The van der Waals surface area contributed by atoms with Crippen LogP contribution < -0.4 is 42.5 Å². The fourth-order valence-electron chi connectivity index (χ4n) is 10.3. The molecule has 0 saturated carbocycles. The van der Waals surface area contributed by atoms with E-state index in [1.807, 2.05) is 0 Å². The van der Waals surface area contributed by atoms with Crippen LogP contribution in [0.5, 0.6) is 0 Å². The minimum Gasteiger partial charge on any atom is -0.481 e. The summed E-state index contributed by atoms with van der Waals surface area (Å²) >= 11 is 0. The van der Waals surface area contributed by atoms with Gasteiger partial charge in [0.2, 0.25) is 47.3 Å². The lowest BCUT2D eigenvalue weighted by Crippen LogP contribution is -2.64. The molecular formula is C64H114N8O35. The molecule has 0 radical (unpaired) electrons. The maximum absolute atomic E-state index is 14.1. The molecule has 3 saturated heterocycles. The molecule has 17 atom stereocenters. The highest BCUT2D eigenvalue weighted by Crippen LogP contribution is 2.25. The van der Waals surface area contributed by atoms with E-state index in [0.29, 0.717) is 12.8 Å². The van der Waals surface area contributed by atoms with Crippen molar-refractivity contribution in [1.82, 2.24) is 42.5 Å². The Morgan fingerprint density at radius 1 is 0.355 bits per heavy atom. The van der Waals surface area contributed by atoms with Gasteiger partial charge < -0.3 is 169 Å². The zero-order chi connectivity index (χ0) is 78.7. The summed E-state index contributed by atoms with van der Waals surface area (Å²) in [5.74, 6) is -5.70. The van der Waals surface area contributed by atoms with Crippen molar-refractivity contribution in [3.8, 4) is 0 Å². The molecule has 0 aromatic rings. The van der Waals surface area contributed by atoms with Crippen LogP contribution in [-0.2, 0) is 119 Å². The Bertz CT molecular complexity index is 2510. The number of rotatable bonds is 61. The molecule has 0 bridgehead atoms. The minimum atomic E-state index is -1.48. The third kappa shape index (κ3) is 40.7. The Kier molecular flexibility index (Phi) is 51.1. The van der Waals surface area contributed by atoms with Gasteiger partial charge in [0.05, 0.1) is 152 Å². The van der Waals surface area contributed by atoms with E-state index < -0.39 is 190 Å². The van der Waals surface area contributed by atoms with E-state index in [1.165, 1.54) is 20.8 Å².